The fourth-order valence-corrected chi connectivity index (χ4v) is 2.46. The monoisotopic (exact) mass is 341 g/mol. The molecule has 0 atom stereocenters. The third-order valence-corrected chi connectivity index (χ3v) is 4.02. The van der Waals surface area contributed by atoms with Crippen LogP contribution in [-0.2, 0) is 6.54 Å². The summed E-state index contributed by atoms with van der Waals surface area (Å²) in [7, 11) is 0. The van der Waals surface area contributed by atoms with Crippen LogP contribution in [-0.4, -0.2) is 42.2 Å². The summed E-state index contributed by atoms with van der Waals surface area (Å²) in [5.41, 5.74) is 1.13. The summed E-state index contributed by atoms with van der Waals surface area (Å²) in [6.07, 6.45) is 4.38. The van der Waals surface area contributed by atoms with Gasteiger partial charge in [0.15, 0.2) is 0 Å². The number of hydrogen-bond acceptors (Lipinski definition) is 4. The molecule has 1 aliphatic carbocycles. The molecule has 0 amide bonds. The van der Waals surface area contributed by atoms with Gasteiger partial charge in [0.2, 0.25) is 5.88 Å². The molecule has 1 fully saturated rings. The van der Waals surface area contributed by atoms with Crippen molar-refractivity contribution in [2.45, 2.75) is 39.3 Å². The predicted molar refractivity (Wildman–Crippen MR) is 85.1 cm³/mol. The van der Waals surface area contributed by atoms with E-state index in [-0.39, 0.29) is 0 Å². The maximum absolute atomic E-state index is 5.87. The zero-order chi connectivity index (χ0) is 14.4. The van der Waals surface area contributed by atoms with Gasteiger partial charge in [-0.1, -0.05) is 13.8 Å². The zero-order valence-electron chi connectivity index (χ0n) is 12.4. The normalized spacial score (nSPS) is 14.8. The largest absolute Gasteiger partial charge is 0.476 e. The molecule has 2 rings (SSSR count). The number of rotatable bonds is 9. The average molecular weight is 342 g/mol. The second-order valence-corrected chi connectivity index (χ2v) is 6.06. The maximum Gasteiger partial charge on any atom is 0.217 e. The van der Waals surface area contributed by atoms with Gasteiger partial charge in [-0.05, 0) is 47.9 Å². The standard InChI is InChI=1S/C15H24BrN3O/c1-3-19(4-2)7-8-20-15-12(9-13(16)11-18-15)10-17-14-5-6-14/h9,11,14,17H,3-8,10H2,1-2H3. The number of pyridine rings is 1. The summed E-state index contributed by atoms with van der Waals surface area (Å²) in [5, 5.41) is 3.51. The van der Waals surface area contributed by atoms with Crippen molar-refractivity contribution in [3.63, 3.8) is 0 Å². The van der Waals surface area contributed by atoms with E-state index in [4.69, 9.17) is 4.74 Å². The summed E-state index contributed by atoms with van der Waals surface area (Å²) in [6, 6.07) is 2.78. The molecule has 0 radical (unpaired) electrons. The lowest BCUT2D eigenvalue weighted by Crippen LogP contribution is -2.28. The number of aromatic nitrogens is 1. The summed E-state index contributed by atoms with van der Waals surface area (Å²) >= 11 is 3.48. The zero-order valence-corrected chi connectivity index (χ0v) is 13.9. The Labute approximate surface area is 130 Å². The van der Waals surface area contributed by atoms with E-state index >= 15 is 0 Å². The predicted octanol–water partition coefficient (Wildman–Crippen LogP) is 2.82. The summed E-state index contributed by atoms with van der Waals surface area (Å²) < 4.78 is 6.87. The fraction of sp³-hybridized carbons (Fsp3) is 0.667. The molecular weight excluding hydrogens is 318 g/mol. The van der Waals surface area contributed by atoms with Gasteiger partial charge >= 0.3 is 0 Å². The third kappa shape index (κ3) is 5.04. The summed E-state index contributed by atoms with van der Waals surface area (Å²) in [6.45, 7) is 8.93. The summed E-state index contributed by atoms with van der Waals surface area (Å²) in [5.74, 6) is 0.758. The minimum atomic E-state index is 0.687. The molecule has 1 heterocycles. The van der Waals surface area contributed by atoms with Crippen LogP contribution >= 0.6 is 15.9 Å². The van der Waals surface area contributed by atoms with Gasteiger partial charge in [0, 0.05) is 35.4 Å². The van der Waals surface area contributed by atoms with Crippen LogP contribution in [0.1, 0.15) is 32.3 Å². The number of halogens is 1. The average Bonchev–Trinajstić information content (AvgIpc) is 3.27. The van der Waals surface area contributed by atoms with Crippen molar-refractivity contribution in [3.05, 3.63) is 22.3 Å². The molecule has 4 nitrogen and oxygen atoms in total. The van der Waals surface area contributed by atoms with E-state index in [1.807, 2.05) is 0 Å². The Hall–Kier alpha value is -0.650. The minimum Gasteiger partial charge on any atom is -0.476 e. The Morgan fingerprint density at radius 1 is 1.40 bits per heavy atom. The Balaban J connectivity index is 1.87. The van der Waals surface area contributed by atoms with Gasteiger partial charge in [-0.15, -0.1) is 0 Å². The van der Waals surface area contributed by atoms with E-state index in [9.17, 15) is 0 Å². The van der Waals surface area contributed by atoms with Crippen LogP contribution in [0.15, 0.2) is 16.7 Å². The smallest absolute Gasteiger partial charge is 0.217 e. The molecule has 0 unspecified atom stereocenters. The highest BCUT2D eigenvalue weighted by molar-refractivity contribution is 9.10. The molecule has 112 valence electrons. The first-order valence-electron chi connectivity index (χ1n) is 7.45. The van der Waals surface area contributed by atoms with Crippen LogP contribution in [0, 0.1) is 0 Å². The van der Waals surface area contributed by atoms with Gasteiger partial charge in [0.1, 0.15) is 6.61 Å². The molecule has 0 bridgehead atoms. The Bertz CT molecular complexity index is 420. The first-order valence-corrected chi connectivity index (χ1v) is 8.25. The summed E-state index contributed by atoms with van der Waals surface area (Å²) in [4.78, 5) is 6.75. The van der Waals surface area contributed by atoms with Crippen LogP contribution in [0.3, 0.4) is 0 Å². The first-order chi connectivity index (χ1) is 9.72. The van der Waals surface area contributed by atoms with Crippen molar-refractivity contribution in [1.82, 2.24) is 15.2 Å². The molecular formula is C15H24BrN3O. The Kier molecular flexibility index (Phi) is 6.26. The third-order valence-electron chi connectivity index (χ3n) is 3.59. The van der Waals surface area contributed by atoms with Crippen LogP contribution in [0.5, 0.6) is 5.88 Å². The van der Waals surface area contributed by atoms with Crippen molar-refractivity contribution < 1.29 is 4.74 Å². The number of ether oxygens (including phenoxy) is 1. The topological polar surface area (TPSA) is 37.4 Å². The van der Waals surface area contributed by atoms with Crippen molar-refractivity contribution >= 4 is 15.9 Å². The van der Waals surface area contributed by atoms with E-state index in [2.05, 4.69) is 51.0 Å². The second-order valence-electron chi connectivity index (χ2n) is 5.15. The number of likely N-dealkylation sites (N-methyl/N-ethyl adjacent to an activating group) is 1. The van der Waals surface area contributed by atoms with Crippen LogP contribution < -0.4 is 10.1 Å². The van der Waals surface area contributed by atoms with Gasteiger partial charge in [-0.25, -0.2) is 4.98 Å². The Morgan fingerprint density at radius 2 is 2.15 bits per heavy atom. The SMILES string of the molecule is CCN(CC)CCOc1ncc(Br)cc1CNC1CC1. The maximum atomic E-state index is 5.87. The van der Waals surface area contributed by atoms with Gasteiger partial charge in [-0.2, -0.15) is 0 Å². The molecule has 0 aromatic carbocycles. The lowest BCUT2D eigenvalue weighted by atomic mass is 10.2. The van der Waals surface area contributed by atoms with Crippen LogP contribution in [0.4, 0.5) is 0 Å². The molecule has 1 aromatic heterocycles. The lowest BCUT2D eigenvalue weighted by Gasteiger charge is -2.18. The molecule has 0 aliphatic heterocycles. The fourth-order valence-electron chi connectivity index (χ4n) is 2.08. The van der Waals surface area contributed by atoms with Crippen molar-refractivity contribution in [2.75, 3.05) is 26.2 Å². The number of nitrogens with zero attached hydrogens (tertiary/aromatic N) is 2. The first kappa shape index (κ1) is 15.7. The van der Waals surface area contributed by atoms with E-state index in [0.717, 1.165) is 42.1 Å². The van der Waals surface area contributed by atoms with E-state index in [0.29, 0.717) is 12.6 Å². The number of hydrogen-bond donors (Lipinski definition) is 1. The second kappa shape index (κ2) is 7.96. The Morgan fingerprint density at radius 3 is 2.80 bits per heavy atom. The van der Waals surface area contributed by atoms with Gasteiger partial charge in [0.25, 0.3) is 0 Å². The molecule has 1 aliphatic rings. The van der Waals surface area contributed by atoms with E-state index in [1.54, 1.807) is 6.20 Å². The van der Waals surface area contributed by atoms with Gasteiger partial charge in [-0.3, -0.25) is 0 Å². The van der Waals surface area contributed by atoms with Gasteiger partial charge < -0.3 is 15.0 Å². The highest BCUT2D eigenvalue weighted by Gasteiger charge is 2.21. The molecule has 1 saturated carbocycles. The molecule has 1 N–H and O–H groups in total. The molecule has 1 aromatic rings. The molecule has 5 heteroatoms. The van der Waals surface area contributed by atoms with Gasteiger partial charge in [0.05, 0.1) is 0 Å². The quantitative estimate of drug-likeness (QED) is 0.749. The van der Waals surface area contributed by atoms with E-state index < -0.39 is 0 Å². The highest BCUT2D eigenvalue weighted by Crippen LogP contribution is 2.23. The van der Waals surface area contributed by atoms with Crippen molar-refractivity contribution in [3.8, 4) is 5.88 Å². The van der Waals surface area contributed by atoms with Crippen molar-refractivity contribution in [2.24, 2.45) is 0 Å². The minimum absolute atomic E-state index is 0.687. The van der Waals surface area contributed by atoms with E-state index in [1.165, 1.54) is 12.8 Å². The van der Waals surface area contributed by atoms with Crippen LogP contribution in [0.25, 0.3) is 0 Å². The van der Waals surface area contributed by atoms with Crippen LogP contribution in [0.2, 0.25) is 0 Å². The molecule has 20 heavy (non-hydrogen) atoms. The highest BCUT2D eigenvalue weighted by atomic mass is 79.9. The molecule has 0 saturated heterocycles. The number of nitrogens with one attached hydrogen (secondary N) is 1. The lowest BCUT2D eigenvalue weighted by molar-refractivity contribution is 0.216. The molecule has 0 spiro atoms. The van der Waals surface area contributed by atoms with Crippen molar-refractivity contribution in [1.29, 1.82) is 0 Å².